The van der Waals surface area contributed by atoms with Gasteiger partial charge in [-0.1, -0.05) is 6.07 Å². The lowest BCUT2D eigenvalue weighted by Gasteiger charge is -2.13. The van der Waals surface area contributed by atoms with Crippen molar-refractivity contribution in [2.45, 2.75) is 19.5 Å². The Balaban J connectivity index is 2.64. The Kier molecular flexibility index (Phi) is 5.88. The van der Waals surface area contributed by atoms with Crippen LogP contribution in [0.4, 0.5) is 0 Å². The standard InChI is InChI=1S/C13H18N2OS/c1-10(9-17-3)15-8-11-4-5-12(7-14)13(6-11)16-2/h4-6,10,15H,8-9H2,1-3H3. The van der Waals surface area contributed by atoms with E-state index in [1.54, 1.807) is 13.2 Å². The van der Waals surface area contributed by atoms with Crippen LogP contribution >= 0.6 is 11.8 Å². The summed E-state index contributed by atoms with van der Waals surface area (Å²) in [6.45, 7) is 2.96. The molecule has 1 aromatic rings. The molecule has 0 aliphatic carbocycles. The topological polar surface area (TPSA) is 45.0 Å². The average Bonchev–Trinajstić information content (AvgIpc) is 2.36. The quantitative estimate of drug-likeness (QED) is 0.842. The highest BCUT2D eigenvalue weighted by molar-refractivity contribution is 7.98. The SMILES string of the molecule is COc1cc(CNC(C)CSC)ccc1C#N. The molecule has 0 aliphatic heterocycles. The summed E-state index contributed by atoms with van der Waals surface area (Å²) < 4.78 is 5.18. The van der Waals surface area contributed by atoms with Crippen LogP contribution in [-0.2, 0) is 6.54 Å². The maximum absolute atomic E-state index is 8.88. The van der Waals surface area contributed by atoms with Crippen LogP contribution in [0.3, 0.4) is 0 Å². The molecule has 1 N–H and O–H groups in total. The van der Waals surface area contributed by atoms with E-state index < -0.39 is 0 Å². The van der Waals surface area contributed by atoms with Crippen molar-refractivity contribution in [1.29, 1.82) is 5.26 Å². The molecule has 0 aromatic heterocycles. The summed E-state index contributed by atoms with van der Waals surface area (Å²) in [6, 6.07) is 8.26. The number of hydrogen-bond donors (Lipinski definition) is 1. The summed E-state index contributed by atoms with van der Waals surface area (Å²) in [5.74, 6) is 1.73. The summed E-state index contributed by atoms with van der Waals surface area (Å²) >= 11 is 1.83. The van der Waals surface area contributed by atoms with Crippen molar-refractivity contribution < 1.29 is 4.74 Å². The summed E-state index contributed by atoms with van der Waals surface area (Å²) in [5, 5.41) is 12.3. The third-order valence-corrected chi connectivity index (χ3v) is 3.29. The molecule has 1 atom stereocenters. The molecule has 17 heavy (non-hydrogen) atoms. The second-order valence-corrected chi connectivity index (χ2v) is 4.79. The molecule has 0 spiro atoms. The predicted octanol–water partition coefficient (Wildman–Crippen LogP) is 2.41. The first-order valence-corrected chi connectivity index (χ1v) is 6.90. The molecule has 0 bridgehead atoms. The number of hydrogen-bond acceptors (Lipinski definition) is 4. The van der Waals surface area contributed by atoms with Crippen molar-refractivity contribution >= 4 is 11.8 Å². The Bertz CT molecular complexity index is 401. The lowest BCUT2D eigenvalue weighted by atomic mass is 10.1. The molecule has 0 saturated carbocycles. The highest BCUT2D eigenvalue weighted by atomic mass is 32.2. The second-order valence-electron chi connectivity index (χ2n) is 3.88. The van der Waals surface area contributed by atoms with E-state index in [9.17, 15) is 0 Å². The zero-order valence-corrected chi connectivity index (χ0v) is 11.3. The molecular weight excluding hydrogens is 232 g/mol. The van der Waals surface area contributed by atoms with Gasteiger partial charge in [-0.05, 0) is 30.9 Å². The van der Waals surface area contributed by atoms with E-state index in [4.69, 9.17) is 10.00 Å². The molecule has 4 heteroatoms. The van der Waals surface area contributed by atoms with E-state index in [1.165, 1.54) is 0 Å². The minimum absolute atomic E-state index is 0.478. The first-order chi connectivity index (χ1) is 8.21. The van der Waals surface area contributed by atoms with Gasteiger partial charge in [-0.25, -0.2) is 0 Å². The fourth-order valence-electron chi connectivity index (χ4n) is 1.54. The van der Waals surface area contributed by atoms with Crippen LogP contribution in [0, 0.1) is 11.3 Å². The average molecular weight is 250 g/mol. The second kappa shape index (κ2) is 7.21. The van der Waals surface area contributed by atoms with Crippen LogP contribution in [0.1, 0.15) is 18.1 Å². The van der Waals surface area contributed by atoms with E-state index in [0.29, 0.717) is 17.4 Å². The first-order valence-electron chi connectivity index (χ1n) is 5.50. The summed E-state index contributed by atoms with van der Waals surface area (Å²) in [7, 11) is 1.59. The van der Waals surface area contributed by atoms with Gasteiger partial charge in [0, 0.05) is 18.3 Å². The van der Waals surface area contributed by atoms with Crippen LogP contribution in [0.25, 0.3) is 0 Å². The minimum Gasteiger partial charge on any atom is -0.495 e. The molecule has 3 nitrogen and oxygen atoms in total. The molecule has 0 aliphatic rings. The van der Waals surface area contributed by atoms with Gasteiger partial charge in [0.2, 0.25) is 0 Å². The van der Waals surface area contributed by atoms with Gasteiger partial charge in [-0.2, -0.15) is 17.0 Å². The van der Waals surface area contributed by atoms with Crippen LogP contribution in [0.2, 0.25) is 0 Å². The largest absolute Gasteiger partial charge is 0.495 e. The number of methoxy groups -OCH3 is 1. The number of nitriles is 1. The smallest absolute Gasteiger partial charge is 0.136 e. The van der Waals surface area contributed by atoms with Crippen molar-refractivity contribution in [2.75, 3.05) is 19.1 Å². The fourth-order valence-corrected chi connectivity index (χ4v) is 2.16. The maximum Gasteiger partial charge on any atom is 0.136 e. The van der Waals surface area contributed by atoms with E-state index in [0.717, 1.165) is 17.9 Å². The molecule has 0 saturated heterocycles. The zero-order valence-electron chi connectivity index (χ0n) is 10.5. The van der Waals surface area contributed by atoms with E-state index in [-0.39, 0.29) is 0 Å². The van der Waals surface area contributed by atoms with Crippen LogP contribution in [0.5, 0.6) is 5.75 Å². The van der Waals surface area contributed by atoms with Gasteiger partial charge in [-0.3, -0.25) is 0 Å². The number of rotatable bonds is 6. The van der Waals surface area contributed by atoms with Crippen molar-refractivity contribution in [3.05, 3.63) is 29.3 Å². The molecule has 1 rings (SSSR count). The normalized spacial score (nSPS) is 11.9. The number of nitrogens with one attached hydrogen (secondary N) is 1. The Morgan fingerprint density at radius 2 is 2.29 bits per heavy atom. The third kappa shape index (κ3) is 4.29. The molecule has 1 unspecified atom stereocenters. The third-order valence-electron chi connectivity index (χ3n) is 2.46. The van der Waals surface area contributed by atoms with Gasteiger partial charge in [-0.15, -0.1) is 0 Å². The Morgan fingerprint density at radius 3 is 2.88 bits per heavy atom. The van der Waals surface area contributed by atoms with E-state index in [1.807, 2.05) is 23.9 Å². The maximum atomic E-state index is 8.88. The van der Waals surface area contributed by atoms with Gasteiger partial charge < -0.3 is 10.1 Å². The molecular formula is C13H18N2OS. The van der Waals surface area contributed by atoms with Crippen molar-refractivity contribution in [3.63, 3.8) is 0 Å². The summed E-state index contributed by atoms with van der Waals surface area (Å²) in [4.78, 5) is 0. The molecule has 0 heterocycles. The van der Waals surface area contributed by atoms with Gasteiger partial charge in [0.1, 0.15) is 11.8 Å². The summed E-state index contributed by atoms with van der Waals surface area (Å²) in [6.07, 6.45) is 2.10. The zero-order chi connectivity index (χ0) is 12.7. The van der Waals surface area contributed by atoms with Gasteiger partial charge in [0.15, 0.2) is 0 Å². The lowest BCUT2D eigenvalue weighted by Crippen LogP contribution is -2.27. The highest BCUT2D eigenvalue weighted by Crippen LogP contribution is 2.19. The van der Waals surface area contributed by atoms with Crippen LogP contribution in [-0.4, -0.2) is 25.2 Å². The van der Waals surface area contributed by atoms with Crippen molar-refractivity contribution in [3.8, 4) is 11.8 Å². The monoisotopic (exact) mass is 250 g/mol. The Labute approximate surface area is 107 Å². The molecule has 0 radical (unpaired) electrons. The first kappa shape index (κ1) is 13.9. The number of nitrogens with zero attached hydrogens (tertiary/aromatic N) is 1. The van der Waals surface area contributed by atoms with E-state index in [2.05, 4.69) is 24.6 Å². The Hall–Kier alpha value is -1.18. The highest BCUT2D eigenvalue weighted by Gasteiger charge is 2.05. The van der Waals surface area contributed by atoms with Gasteiger partial charge >= 0.3 is 0 Å². The van der Waals surface area contributed by atoms with Gasteiger partial charge in [0.05, 0.1) is 12.7 Å². The van der Waals surface area contributed by atoms with Crippen LogP contribution in [0.15, 0.2) is 18.2 Å². The lowest BCUT2D eigenvalue weighted by molar-refractivity contribution is 0.412. The molecule has 0 fully saturated rings. The van der Waals surface area contributed by atoms with Gasteiger partial charge in [0.25, 0.3) is 0 Å². The Morgan fingerprint density at radius 1 is 1.53 bits per heavy atom. The fraction of sp³-hybridized carbons (Fsp3) is 0.462. The van der Waals surface area contributed by atoms with E-state index >= 15 is 0 Å². The molecule has 0 amide bonds. The van der Waals surface area contributed by atoms with Crippen LogP contribution < -0.4 is 10.1 Å². The predicted molar refractivity (Wildman–Crippen MR) is 72.4 cm³/mol. The molecule has 1 aromatic carbocycles. The number of thioether (sulfide) groups is 1. The minimum atomic E-state index is 0.478. The molecule has 92 valence electrons. The van der Waals surface area contributed by atoms with Crippen molar-refractivity contribution in [1.82, 2.24) is 5.32 Å². The van der Waals surface area contributed by atoms with Crippen molar-refractivity contribution in [2.24, 2.45) is 0 Å². The number of benzene rings is 1. The number of ether oxygens (including phenoxy) is 1. The summed E-state index contributed by atoms with van der Waals surface area (Å²) in [5.41, 5.74) is 1.71.